The van der Waals surface area contributed by atoms with Crippen molar-refractivity contribution in [3.05, 3.63) is 81.6 Å². The zero-order chi connectivity index (χ0) is 22.0. The standard InChI is InChI=1S/C21H15Cl2N5O3/c1-24-21(30)16-5-2-11(7-25-16)9-31-12-3-4-13(15(22)6-12)18(29)14-8-26-20-17(14)19(23)27-10-28-20/h2-8,10H,9H2,1H3,(H,24,30)(H,26,27,28). The largest absolute Gasteiger partial charge is 0.489 e. The number of amides is 1. The Morgan fingerprint density at radius 3 is 2.65 bits per heavy atom. The summed E-state index contributed by atoms with van der Waals surface area (Å²) in [4.78, 5) is 39.5. The monoisotopic (exact) mass is 455 g/mol. The van der Waals surface area contributed by atoms with E-state index in [4.69, 9.17) is 27.9 Å². The van der Waals surface area contributed by atoms with E-state index in [0.717, 1.165) is 5.56 Å². The Morgan fingerprint density at radius 2 is 1.94 bits per heavy atom. The van der Waals surface area contributed by atoms with E-state index in [0.29, 0.717) is 33.6 Å². The molecule has 0 aliphatic rings. The summed E-state index contributed by atoms with van der Waals surface area (Å²) < 4.78 is 5.73. The molecule has 0 unspecified atom stereocenters. The Hall–Kier alpha value is -3.49. The second-order valence-electron chi connectivity index (χ2n) is 6.48. The van der Waals surface area contributed by atoms with Crippen molar-refractivity contribution >= 4 is 45.9 Å². The molecule has 0 saturated heterocycles. The number of carbonyl (C=O) groups is 2. The molecule has 0 atom stereocenters. The predicted octanol–water partition coefficient (Wildman–Crippen LogP) is 3.83. The van der Waals surface area contributed by atoms with Gasteiger partial charge in [-0.1, -0.05) is 29.3 Å². The Bertz CT molecular complexity index is 1290. The van der Waals surface area contributed by atoms with Crippen LogP contribution in [0.1, 0.15) is 32.0 Å². The van der Waals surface area contributed by atoms with Crippen molar-refractivity contribution in [3.63, 3.8) is 0 Å². The molecule has 10 heteroatoms. The van der Waals surface area contributed by atoms with Crippen molar-refractivity contribution in [1.82, 2.24) is 25.3 Å². The third kappa shape index (κ3) is 4.21. The molecule has 1 aromatic carbocycles. The number of H-pyrrole nitrogens is 1. The molecule has 0 aliphatic carbocycles. The van der Waals surface area contributed by atoms with Crippen molar-refractivity contribution in [1.29, 1.82) is 0 Å². The highest BCUT2D eigenvalue weighted by Crippen LogP contribution is 2.29. The summed E-state index contributed by atoms with van der Waals surface area (Å²) in [6.07, 6.45) is 4.41. The highest BCUT2D eigenvalue weighted by molar-refractivity contribution is 6.38. The third-order valence-electron chi connectivity index (χ3n) is 4.54. The number of nitrogens with one attached hydrogen (secondary N) is 2. The van der Waals surface area contributed by atoms with E-state index in [9.17, 15) is 9.59 Å². The van der Waals surface area contributed by atoms with Gasteiger partial charge in [0.2, 0.25) is 0 Å². The van der Waals surface area contributed by atoms with Crippen LogP contribution in [-0.4, -0.2) is 38.7 Å². The molecule has 1 amide bonds. The lowest BCUT2D eigenvalue weighted by atomic mass is 10.0. The molecule has 156 valence electrons. The highest BCUT2D eigenvalue weighted by atomic mass is 35.5. The van der Waals surface area contributed by atoms with Gasteiger partial charge in [-0.25, -0.2) is 9.97 Å². The Kier molecular flexibility index (Phi) is 5.83. The minimum Gasteiger partial charge on any atom is -0.489 e. The number of halogens is 2. The molecule has 31 heavy (non-hydrogen) atoms. The van der Waals surface area contributed by atoms with Gasteiger partial charge >= 0.3 is 0 Å². The van der Waals surface area contributed by atoms with Crippen molar-refractivity contribution in [3.8, 4) is 5.75 Å². The number of aromatic nitrogens is 4. The number of pyridine rings is 1. The Morgan fingerprint density at radius 1 is 1.10 bits per heavy atom. The van der Waals surface area contributed by atoms with E-state index >= 15 is 0 Å². The molecule has 0 bridgehead atoms. The van der Waals surface area contributed by atoms with Crippen molar-refractivity contribution in [2.45, 2.75) is 6.61 Å². The fourth-order valence-electron chi connectivity index (χ4n) is 2.96. The Balaban J connectivity index is 1.50. The number of nitrogens with zero attached hydrogens (tertiary/aromatic N) is 3. The number of fused-ring (bicyclic) bond motifs is 1. The summed E-state index contributed by atoms with van der Waals surface area (Å²) in [5.41, 5.74) is 2.19. The first-order valence-electron chi connectivity index (χ1n) is 9.09. The SMILES string of the molecule is CNC(=O)c1ccc(COc2ccc(C(=O)c3c[nH]c4ncnc(Cl)c34)c(Cl)c2)cn1. The van der Waals surface area contributed by atoms with Gasteiger partial charge in [-0.15, -0.1) is 0 Å². The first-order valence-corrected chi connectivity index (χ1v) is 9.85. The number of carbonyl (C=O) groups excluding carboxylic acids is 2. The second kappa shape index (κ2) is 8.71. The third-order valence-corrected chi connectivity index (χ3v) is 5.14. The molecular weight excluding hydrogens is 441 g/mol. The second-order valence-corrected chi connectivity index (χ2v) is 7.25. The van der Waals surface area contributed by atoms with Crippen LogP contribution in [0.2, 0.25) is 10.2 Å². The smallest absolute Gasteiger partial charge is 0.269 e. The predicted molar refractivity (Wildman–Crippen MR) is 116 cm³/mol. The van der Waals surface area contributed by atoms with Crippen molar-refractivity contribution in [2.75, 3.05) is 7.05 Å². The molecule has 0 spiro atoms. The summed E-state index contributed by atoms with van der Waals surface area (Å²) in [7, 11) is 1.54. The van der Waals surface area contributed by atoms with Gasteiger partial charge in [-0.2, -0.15) is 0 Å². The molecule has 0 fully saturated rings. The maximum Gasteiger partial charge on any atom is 0.269 e. The molecule has 8 nitrogen and oxygen atoms in total. The van der Waals surface area contributed by atoms with Gasteiger partial charge < -0.3 is 15.0 Å². The molecule has 4 rings (SSSR count). The van der Waals surface area contributed by atoms with Crippen LogP contribution < -0.4 is 10.1 Å². The van der Waals surface area contributed by atoms with Gasteiger partial charge in [0.05, 0.1) is 16.0 Å². The number of ketones is 1. The molecule has 3 aromatic heterocycles. The minimum atomic E-state index is -0.312. The van der Waals surface area contributed by atoms with E-state index in [1.54, 1.807) is 43.6 Å². The lowest BCUT2D eigenvalue weighted by molar-refractivity contribution is 0.0957. The van der Waals surface area contributed by atoms with Gasteiger partial charge in [0.25, 0.3) is 5.91 Å². The first kappa shape index (κ1) is 20.8. The number of aromatic amines is 1. The van der Waals surface area contributed by atoms with E-state index in [-0.39, 0.29) is 28.5 Å². The van der Waals surface area contributed by atoms with E-state index in [1.807, 2.05) is 0 Å². The van der Waals surface area contributed by atoms with Gasteiger partial charge in [0, 0.05) is 30.6 Å². The maximum atomic E-state index is 13.0. The van der Waals surface area contributed by atoms with Crippen molar-refractivity contribution in [2.24, 2.45) is 0 Å². The minimum absolute atomic E-state index is 0.182. The van der Waals surface area contributed by atoms with Gasteiger partial charge in [-0.05, 0) is 24.3 Å². The quantitative estimate of drug-likeness (QED) is 0.337. The zero-order valence-corrected chi connectivity index (χ0v) is 17.7. The van der Waals surface area contributed by atoms with E-state index < -0.39 is 0 Å². The van der Waals surface area contributed by atoms with Gasteiger partial charge in [0.15, 0.2) is 5.78 Å². The molecular formula is C21H15Cl2N5O3. The number of benzene rings is 1. The van der Waals surface area contributed by atoms with E-state index in [1.165, 1.54) is 12.5 Å². The average Bonchev–Trinajstić information content (AvgIpc) is 3.23. The zero-order valence-electron chi connectivity index (χ0n) is 16.1. The summed E-state index contributed by atoms with van der Waals surface area (Å²) >= 11 is 12.5. The molecule has 2 N–H and O–H groups in total. The number of hydrogen-bond acceptors (Lipinski definition) is 6. The number of ether oxygens (including phenoxy) is 1. The van der Waals surface area contributed by atoms with Crippen LogP contribution in [0.3, 0.4) is 0 Å². The van der Waals surface area contributed by atoms with E-state index in [2.05, 4.69) is 25.3 Å². The van der Waals surface area contributed by atoms with Crippen LogP contribution in [0.25, 0.3) is 11.0 Å². The molecule has 0 saturated carbocycles. The normalized spacial score (nSPS) is 10.8. The number of rotatable bonds is 6. The van der Waals surface area contributed by atoms with Crippen LogP contribution in [0, 0.1) is 0 Å². The molecule has 4 aromatic rings. The van der Waals surface area contributed by atoms with Crippen LogP contribution in [0.4, 0.5) is 0 Å². The topological polar surface area (TPSA) is 110 Å². The fraction of sp³-hybridized carbons (Fsp3) is 0.0952. The summed E-state index contributed by atoms with van der Waals surface area (Å²) in [6.45, 7) is 0.222. The number of hydrogen-bond donors (Lipinski definition) is 2. The van der Waals surface area contributed by atoms with Gasteiger partial charge in [0.1, 0.15) is 35.2 Å². The molecule has 3 heterocycles. The highest BCUT2D eigenvalue weighted by Gasteiger charge is 2.20. The molecule has 0 aliphatic heterocycles. The average molecular weight is 456 g/mol. The lowest BCUT2D eigenvalue weighted by Gasteiger charge is -2.09. The van der Waals surface area contributed by atoms with Crippen LogP contribution >= 0.6 is 23.2 Å². The van der Waals surface area contributed by atoms with Crippen molar-refractivity contribution < 1.29 is 14.3 Å². The fourth-order valence-corrected chi connectivity index (χ4v) is 3.45. The lowest BCUT2D eigenvalue weighted by Crippen LogP contribution is -2.19. The first-order chi connectivity index (χ1) is 15.0. The Labute approximate surface area is 186 Å². The van der Waals surface area contributed by atoms with Crippen LogP contribution in [-0.2, 0) is 6.61 Å². The summed E-state index contributed by atoms with van der Waals surface area (Å²) in [5, 5.41) is 3.37. The molecule has 0 radical (unpaired) electrons. The van der Waals surface area contributed by atoms with Crippen LogP contribution in [0.5, 0.6) is 5.75 Å². The maximum absolute atomic E-state index is 13.0. The van der Waals surface area contributed by atoms with Crippen LogP contribution in [0.15, 0.2) is 49.1 Å². The summed E-state index contributed by atoms with van der Waals surface area (Å²) in [5.74, 6) is -0.0896. The van der Waals surface area contributed by atoms with Gasteiger partial charge in [-0.3, -0.25) is 14.6 Å². The summed E-state index contributed by atoms with van der Waals surface area (Å²) in [6, 6.07) is 8.16.